The molecule has 10 aromatic carbocycles. The predicted molar refractivity (Wildman–Crippen MR) is 248 cm³/mol. The van der Waals surface area contributed by atoms with Gasteiger partial charge in [-0.25, -0.2) is 4.98 Å². The van der Waals surface area contributed by atoms with E-state index in [-0.39, 0.29) is 0 Å². The van der Waals surface area contributed by atoms with Crippen LogP contribution >= 0.6 is 0 Å². The van der Waals surface area contributed by atoms with E-state index in [0.717, 1.165) is 94.8 Å². The molecule has 0 aliphatic heterocycles. The summed E-state index contributed by atoms with van der Waals surface area (Å²) in [6, 6.07) is 69.7. The topological polar surface area (TPSA) is 42.4 Å². The molecule has 0 N–H and O–H groups in total. The Morgan fingerprint density at radius 2 is 1.05 bits per heavy atom. The van der Waals surface area contributed by atoms with Gasteiger partial charge in [0.15, 0.2) is 5.58 Å². The van der Waals surface area contributed by atoms with Crippen LogP contribution in [0.5, 0.6) is 0 Å². The van der Waals surface area contributed by atoms with Crippen molar-refractivity contribution in [2.45, 2.75) is 6.42 Å². The maximum Gasteiger partial charge on any atom is 0.227 e. The lowest BCUT2D eigenvalue weighted by molar-refractivity contribution is 0.620. The molecule has 1 aliphatic carbocycles. The van der Waals surface area contributed by atoms with E-state index in [4.69, 9.17) is 13.8 Å². The lowest BCUT2D eigenvalue weighted by Gasteiger charge is -2.28. The molecule has 1 aliphatic rings. The Morgan fingerprint density at radius 1 is 0.383 bits per heavy atom. The van der Waals surface area contributed by atoms with Crippen LogP contribution in [-0.4, -0.2) is 4.98 Å². The number of hydrogen-bond donors (Lipinski definition) is 0. The third kappa shape index (κ3) is 5.14. The van der Waals surface area contributed by atoms with Crippen molar-refractivity contribution in [3.8, 4) is 33.7 Å². The third-order valence-electron chi connectivity index (χ3n) is 12.4. The minimum absolute atomic E-state index is 0.627. The molecule has 2 heterocycles. The Labute approximate surface area is 345 Å². The zero-order valence-electron chi connectivity index (χ0n) is 32.4. The first-order valence-corrected chi connectivity index (χ1v) is 20.5. The average molecular weight is 767 g/mol. The number of hydrogen-bond acceptors (Lipinski definition) is 4. The van der Waals surface area contributed by atoms with Gasteiger partial charge in [0.1, 0.15) is 16.7 Å². The fourth-order valence-electron chi connectivity index (χ4n) is 9.52. The standard InChI is InChI=1S/C56H34N2O2/c1-2-10-35-28-41(18-17-34(35)9-1)56-57-55-47-24-20-36(27-39(47)21-26-53(55)60-56)42-30-38-12-4-6-14-46(38)51(31-42)58(43-22-19-40-29-37-11-3-5-13-45(37)50(40)32-43)44-23-25-49-48-15-7-8-16-52(48)59-54(49)33-44/h1-28,30-33H,29H2. The number of nitrogens with zero attached hydrogens (tertiary/aromatic N) is 2. The SMILES string of the molecule is c1ccc2c(c1)Cc1ccc(N(c3ccc4c(c3)oc3ccccc34)c3cc(-c4ccc5c(ccc6oc(-c7ccc8ccccc8c7)nc65)c4)cc4ccccc34)cc1-2. The van der Waals surface area contributed by atoms with Crippen LogP contribution in [0, 0.1) is 0 Å². The van der Waals surface area contributed by atoms with E-state index in [0.29, 0.717) is 5.89 Å². The highest BCUT2D eigenvalue weighted by Gasteiger charge is 2.23. The third-order valence-corrected chi connectivity index (χ3v) is 12.4. The van der Waals surface area contributed by atoms with Crippen molar-refractivity contribution in [3.05, 3.63) is 205 Å². The summed E-state index contributed by atoms with van der Waals surface area (Å²) in [5.41, 5.74) is 15.2. The number of benzene rings is 10. The quantitative estimate of drug-likeness (QED) is 0.175. The first-order valence-electron chi connectivity index (χ1n) is 20.5. The van der Waals surface area contributed by atoms with E-state index in [1.165, 1.54) is 33.0 Å². The van der Waals surface area contributed by atoms with Crippen molar-refractivity contribution in [1.29, 1.82) is 0 Å². The summed E-state index contributed by atoms with van der Waals surface area (Å²) >= 11 is 0. The van der Waals surface area contributed by atoms with Crippen LogP contribution in [0.4, 0.5) is 17.1 Å². The maximum absolute atomic E-state index is 6.49. The Kier molecular flexibility index (Phi) is 7.04. The van der Waals surface area contributed by atoms with Gasteiger partial charge in [0, 0.05) is 44.5 Å². The van der Waals surface area contributed by atoms with Gasteiger partial charge in [-0.15, -0.1) is 0 Å². The minimum Gasteiger partial charge on any atom is -0.456 e. The first-order chi connectivity index (χ1) is 29.7. The Bertz CT molecular complexity index is 3720. The molecule has 0 amide bonds. The van der Waals surface area contributed by atoms with Crippen LogP contribution in [0.3, 0.4) is 0 Å². The lowest BCUT2D eigenvalue weighted by atomic mass is 9.96. The Hall–Kier alpha value is -7.95. The number of furan rings is 1. The molecular formula is C56H34N2O2. The van der Waals surface area contributed by atoms with Crippen LogP contribution in [0.25, 0.3) is 99.1 Å². The summed E-state index contributed by atoms with van der Waals surface area (Å²) in [7, 11) is 0. The molecule has 0 radical (unpaired) electrons. The average Bonchev–Trinajstić information content (AvgIpc) is 4.02. The maximum atomic E-state index is 6.49. The van der Waals surface area contributed by atoms with Crippen molar-refractivity contribution in [2.24, 2.45) is 0 Å². The molecule has 60 heavy (non-hydrogen) atoms. The van der Waals surface area contributed by atoms with Crippen molar-refractivity contribution in [2.75, 3.05) is 4.90 Å². The van der Waals surface area contributed by atoms with Gasteiger partial charge in [0.25, 0.3) is 0 Å². The predicted octanol–water partition coefficient (Wildman–Crippen LogP) is 15.6. The molecule has 4 heteroatoms. The summed E-state index contributed by atoms with van der Waals surface area (Å²) in [6.07, 6.45) is 0.947. The molecule has 0 saturated heterocycles. The molecule has 4 nitrogen and oxygen atoms in total. The van der Waals surface area contributed by atoms with E-state index >= 15 is 0 Å². The van der Waals surface area contributed by atoms with Gasteiger partial charge in [-0.2, -0.15) is 0 Å². The molecule has 0 bridgehead atoms. The van der Waals surface area contributed by atoms with Crippen molar-refractivity contribution in [1.82, 2.24) is 4.98 Å². The fourth-order valence-corrected chi connectivity index (χ4v) is 9.52. The van der Waals surface area contributed by atoms with E-state index in [1.807, 2.05) is 18.2 Å². The Balaban J connectivity index is 0.980. The molecular weight excluding hydrogens is 733 g/mol. The molecule has 280 valence electrons. The summed E-state index contributed by atoms with van der Waals surface area (Å²) in [6.45, 7) is 0. The summed E-state index contributed by atoms with van der Waals surface area (Å²) in [5, 5.41) is 9.09. The van der Waals surface area contributed by atoms with Crippen LogP contribution in [0.1, 0.15) is 11.1 Å². The molecule has 0 atom stereocenters. The highest BCUT2D eigenvalue weighted by atomic mass is 16.3. The fraction of sp³-hybridized carbons (Fsp3) is 0.0179. The minimum atomic E-state index is 0.627. The van der Waals surface area contributed by atoms with Crippen LogP contribution in [0.2, 0.25) is 0 Å². The Morgan fingerprint density at radius 3 is 2.00 bits per heavy atom. The second-order valence-corrected chi connectivity index (χ2v) is 15.9. The molecule has 0 saturated carbocycles. The van der Waals surface area contributed by atoms with Gasteiger partial charge in [-0.05, 0) is 128 Å². The van der Waals surface area contributed by atoms with Crippen molar-refractivity contribution >= 4 is 82.4 Å². The lowest BCUT2D eigenvalue weighted by Crippen LogP contribution is -2.11. The number of rotatable bonds is 5. The molecule has 2 aromatic heterocycles. The van der Waals surface area contributed by atoms with Crippen molar-refractivity contribution < 1.29 is 8.83 Å². The largest absolute Gasteiger partial charge is 0.456 e. The van der Waals surface area contributed by atoms with Gasteiger partial charge in [0.2, 0.25) is 5.89 Å². The number of aromatic nitrogens is 1. The molecule has 0 spiro atoms. The molecule has 12 aromatic rings. The van der Waals surface area contributed by atoms with Gasteiger partial charge < -0.3 is 13.7 Å². The zero-order valence-corrected chi connectivity index (χ0v) is 32.4. The number of fused-ring (bicyclic) bond motifs is 11. The number of anilines is 3. The highest BCUT2D eigenvalue weighted by molar-refractivity contribution is 6.09. The van der Waals surface area contributed by atoms with Gasteiger partial charge in [0.05, 0.1) is 5.69 Å². The van der Waals surface area contributed by atoms with Gasteiger partial charge in [-0.3, -0.25) is 0 Å². The van der Waals surface area contributed by atoms with E-state index in [1.54, 1.807) is 0 Å². The van der Waals surface area contributed by atoms with Crippen LogP contribution in [0.15, 0.2) is 203 Å². The number of para-hydroxylation sites is 1. The summed E-state index contributed by atoms with van der Waals surface area (Å²) < 4.78 is 12.9. The molecule has 0 fully saturated rings. The van der Waals surface area contributed by atoms with E-state index < -0.39 is 0 Å². The second kappa shape index (κ2) is 12.8. The monoisotopic (exact) mass is 766 g/mol. The van der Waals surface area contributed by atoms with Gasteiger partial charge in [-0.1, -0.05) is 121 Å². The highest BCUT2D eigenvalue weighted by Crippen LogP contribution is 2.46. The first kappa shape index (κ1) is 33.1. The normalized spacial score (nSPS) is 12.3. The second-order valence-electron chi connectivity index (χ2n) is 15.9. The summed E-state index contributed by atoms with van der Waals surface area (Å²) in [5.74, 6) is 0.627. The van der Waals surface area contributed by atoms with Crippen LogP contribution in [-0.2, 0) is 6.42 Å². The zero-order chi connectivity index (χ0) is 39.3. The van der Waals surface area contributed by atoms with Crippen LogP contribution < -0.4 is 4.90 Å². The summed E-state index contributed by atoms with van der Waals surface area (Å²) in [4.78, 5) is 7.47. The van der Waals surface area contributed by atoms with E-state index in [2.05, 4.69) is 181 Å². The van der Waals surface area contributed by atoms with Gasteiger partial charge >= 0.3 is 0 Å². The molecule has 0 unspecified atom stereocenters. The molecule has 13 rings (SSSR count). The number of oxazole rings is 1. The smallest absolute Gasteiger partial charge is 0.227 e. The van der Waals surface area contributed by atoms with E-state index in [9.17, 15) is 0 Å². The van der Waals surface area contributed by atoms with Crippen molar-refractivity contribution in [3.63, 3.8) is 0 Å².